The molecule has 0 aliphatic heterocycles. The molecule has 2 heteroatoms. The molecule has 0 aromatic heterocycles. The molecule has 1 aromatic carbocycles. The molecule has 0 radical (unpaired) electrons. The third-order valence-corrected chi connectivity index (χ3v) is 3.09. The van der Waals surface area contributed by atoms with Crippen molar-refractivity contribution >= 4 is 5.69 Å². The molecule has 90 valence electrons. The van der Waals surface area contributed by atoms with Crippen LogP contribution in [0.4, 0.5) is 5.69 Å². The third kappa shape index (κ3) is 3.86. The average Bonchev–Trinajstić information content (AvgIpc) is 2.30. The zero-order chi connectivity index (χ0) is 12.0. The Bertz CT molecular complexity index is 282. The summed E-state index contributed by atoms with van der Waals surface area (Å²) in [6.45, 7) is 8.63. The number of nitrogens with zero attached hydrogens (tertiary/aromatic N) is 1. The molecule has 2 nitrogen and oxygen atoms in total. The summed E-state index contributed by atoms with van der Waals surface area (Å²) < 4.78 is 0. The topological polar surface area (TPSA) is 29.3 Å². The van der Waals surface area contributed by atoms with Crippen LogP contribution in [0.3, 0.4) is 0 Å². The molecule has 1 unspecified atom stereocenters. The van der Waals surface area contributed by atoms with E-state index in [1.165, 1.54) is 5.69 Å². The van der Waals surface area contributed by atoms with Gasteiger partial charge in [-0.3, -0.25) is 0 Å². The zero-order valence-electron chi connectivity index (χ0n) is 10.7. The highest BCUT2D eigenvalue weighted by atomic mass is 15.1. The van der Waals surface area contributed by atoms with Crippen LogP contribution in [0, 0.1) is 5.92 Å². The lowest BCUT2D eigenvalue weighted by molar-refractivity contribution is 0.463. The van der Waals surface area contributed by atoms with E-state index >= 15 is 0 Å². The minimum atomic E-state index is 0.303. The van der Waals surface area contributed by atoms with Gasteiger partial charge in [0.1, 0.15) is 0 Å². The van der Waals surface area contributed by atoms with Crippen molar-refractivity contribution in [1.82, 2.24) is 0 Å². The fraction of sp³-hybridized carbons (Fsp3) is 0.571. The average molecular weight is 220 g/mol. The van der Waals surface area contributed by atoms with Gasteiger partial charge in [0, 0.05) is 24.8 Å². The molecule has 0 aliphatic carbocycles. The van der Waals surface area contributed by atoms with Gasteiger partial charge in [-0.2, -0.15) is 0 Å². The first-order valence-corrected chi connectivity index (χ1v) is 6.20. The molecule has 2 N–H and O–H groups in total. The molecule has 1 rings (SSSR count). The standard InChI is InChI=1S/C14H24N2/c1-4-16(11-10-14(15)12(2)3)13-8-6-5-7-9-13/h5-9,12,14H,4,10-11,15H2,1-3H3. The summed E-state index contributed by atoms with van der Waals surface area (Å²) in [5.41, 5.74) is 7.36. The number of para-hydroxylation sites is 1. The Hall–Kier alpha value is -1.02. The summed E-state index contributed by atoms with van der Waals surface area (Å²) >= 11 is 0. The normalized spacial score (nSPS) is 12.8. The zero-order valence-corrected chi connectivity index (χ0v) is 10.7. The Morgan fingerprint density at radius 2 is 1.81 bits per heavy atom. The van der Waals surface area contributed by atoms with Gasteiger partial charge in [-0.05, 0) is 31.4 Å². The summed E-state index contributed by atoms with van der Waals surface area (Å²) in [5.74, 6) is 0.564. The number of nitrogens with two attached hydrogens (primary N) is 1. The van der Waals surface area contributed by atoms with Crippen molar-refractivity contribution in [3.05, 3.63) is 30.3 Å². The van der Waals surface area contributed by atoms with E-state index in [4.69, 9.17) is 5.73 Å². The van der Waals surface area contributed by atoms with Gasteiger partial charge in [-0.1, -0.05) is 32.0 Å². The van der Waals surface area contributed by atoms with E-state index in [0.29, 0.717) is 12.0 Å². The van der Waals surface area contributed by atoms with E-state index in [9.17, 15) is 0 Å². The van der Waals surface area contributed by atoms with Crippen LogP contribution >= 0.6 is 0 Å². The molecule has 0 saturated heterocycles. The lowest BCUT2D eigenvalue weighted by atomic mass is 10.0. The Labute approximate surface area is 99.5 Å². The van der Waals surface area contributed by atoms with Crippen molar-refractivity contribution in [2.75, 3.05) is 18.0 Å². The number of hydrogen-bond acceptors (Lipinski definition) is 2. The SMILES string of the molecule is CCN(CCC(N)C(C)C)c1ccccc1. The van der Waals surface area contributed by atoms with Crippen LogP contribution in [0.1, 0.15) is 27.2 Å². The van der Waals surface area contributed by atoms with Crippen LogP contribution in [0.15, 0.2) is 30.3 Å². The largest absolute Gasteiger partial charge is 0.372 e. The fourth-order valence-corrected chi connectivity index (χ4v) is 1.75. The quantitative estimate of drug-likeness (QED) is 0.798. The van der Waals surface area contributed by atoms with Crippen LogP contribution in [-0.2, 0) is 0 Å². The predicted octanol–water partition coefficient (Wildman–Crippen LogP) is 2.89. The molecule has 0 aliphatic rings. The second-order valence-corrected chi connectivity index (χ2v) is 4.61. The van der Waals surface area contributed by atoms with Crippen molar-refractivity contribution in [1.29, 1.82) is 0 Å². The molecule has 0 spiro atoms. The monoisotopic (exact) mass is 220 g/mol. The Balaban J connectivity index is 2.50. The maximum atomic E-state index is 6.07. The first kappa shape index (κ1) is 13.0. The van der Waals surface area contributed by atoms with E-state index in [1.807, 2.05) is 0 Å². The predicted molar refractivity (Wildman–Crippen MR) is 71.8 cm³/mol. The fourth-order valence-electron chi connectivity index (χ4n) is 1.75. The number of anilines is 1. The van der Waals surface area contributed by atoms with Gasteiger partial charge in [0.2, 0.25) is 0 Å². The lowest BCUT2D eigenvalue weighted by Crippen LogP contribution is -2.33. The Morgan fingerprint density at radius 3 is 2.31 bits per heavy atom. The molecular weight excluding hydrogens is 196 g/mol. The highest BCUT2D eigenvalue weighted by Gasteiger charge is 2.10. The maximum Gasteiger partial charge on any atom is 0.0366 e. The molecule has 0 heterocycles. The number of benzene rings is 1. The summed E-state index contributed by atoms with van der Waals surface area (Å²) in [5, 5.41) is 0. The summed E-state index contributed by atoms with van der Waals surface area (Å²) in [6.07, 6.45) is 1.06. The molecule has 1 aromatic rings. The molecule has 0 saturated carbocycles. The van der Waals surface area contributed by atoms with E-state index in [0.717, 1.165) is 19.5 Å². The lowest BCUT2D eigenvalue weighted by Gasteiger charge is -2.25. The smallest absolute Gasteiger partial charge is 0.0366 e. The number of rotatable bonds is 6. The molecule has 0 bridgehead atoms. The van der Waals surface area contributed by atoms with E-state index in [1.54, 1.807) is 0 Å². The first-order chi connectivity index (χ1) is 7.65. The highest BCUT2D eigenvalue weighted by Crippen LogP contribution is 2.14. The minimum Gasteiger partial charge on any atom is -0.372 e. The van der Waals surface area contributed by atoms with Crippen LogP contribution in [0.2, 0.25) is 0 Å². The second-order valence-electron chi connectivity index (χ2n) is 4.61. The summed E-state index contributed by atoms with van der Waals surface area (Å²) in [4.78, 5) is 2.38. The van der Waals surface area contributed by atoms with Crippen molar-refractivity contribution in [3.8, 4) is 0 Å². The van der Waals surface area contributed by atoms with Gasteiger partial charge in [0.15, 0.2) is 0 Å². The van der Waals surface area contributed by atoms with Gasteiger partial charge < -0.3 is 10.6 Å². The van der Waals surface area contributed by atoms with Gasteiger partial charge >= 0.3 is 0 Å². The van der Waals surface area contributed by atoms with Crippen molar-refractivity contribution < 1.29 is 0 Å². The number of hydrogen-bond donors (Lipinski definition) is 1. The van der Waals surface area contributed by atoms with E-state index in [2.05, 4.69) is 56.0 Å². The van der Waals surface area contributed by atoms with Crippen LogP contribution in [0.5, 0.6) is 0 Å². The van der Waals surface area contributed by atoms with Crippen LogP contribution in [-0.4, -0.2) is 19.1 Å². The van der Waals surface area contributed by atoms with Gasteiger partial charge in [-0.15, -0.1) is 0 Å². The molecule has 0 fully saturated rings. The van der Waals surface area contributed by atoms with E-state index < -0.39 is 0 Å². The van der Waals surface area contributed by atoms with Crippen LogP contribution in [0.25, 0.3) is 0 Å². The maximum absolute atomic E-state index is 6.07. The van der Waals surface area contributed by atoms with E-state index in [-0.39, 0.29) is 0 Å². The Kier molecular flexibility index (Phi) is 5.33. The molecule has 1 atom stereocenters. The minimum absolute atomic E-state index is 0.303. The highest BCUT2D eigenvalue weighted by molar-refractivity contribution is 5.45. The first-order valence-electron chi connectivity index (χ1n) is 6.20. The summed E-state index contributed by atoms with van der Waals surface area (Å²) in [6, 6.07) is 10.8. The van der Waals surface area contributed by atoms with Gasteiger partial charge in [-0.25, -0.2) is 0 Å². The molecule has 0 amide bonds. The van der Waals surface area contributed by atoms with Crippen molar-refractivity contribution in [2.45, 2.75) is 33.2 Å². The molecular formula is C14H24N2. The Morgan fingerprint density at radius 1 is 1.19 bits per heavy atom. The second kappa shape index (κ2) is 6.54. The van der Waals surface area contributed by atoms with Crippen molar-refractivity contribution in [3.63, 3.8) is 0 Å². The van der Waals surface area contributed by atoms with Crippen LogP contribution < -0.4 is 10.6 Å². The molecule has 16 heavy (non-hydrogen) atoms. The van der Waals surface area contributed by atoms with Gasteiger partial charge in [0.25, 0.3) is 0 Å². The van der Waals surface area contributed by atoms with Gasteiger partial charge in [0.05, 0.1) is 0 Å². The van der Waals surface area contributed by atoms with Crippen molar-refractivity contribution in [2.24, 2.45) is 11.7 Å². The third-order valence-electron chi connectivity index (χ3n) is 3.09. The summed E-state index contributed by atoms with van der Waals surface area (Å²) in [7, 11) is 0.